The molecule has 1 aliphatic rings. The van der Waals surface area contributed by atoms with E-state index in [0.29, 0.717) is 18.1 Å². The zero-order valence-electron chi connectivity index (χ0n) is 16.1. The van der Waals surface area contributed by atoms with Crippen molar-refractivity contribution in [1.82, 2.24) is 0 Å². The number of hydrogen-bond acceptors (Lipinski definition) is 5. The number of halogens is 1. The molecule has 5 nitrogen and oxygen atoms in total. The van der Waals surface area contributed by atoms with Crippen molar-refractivity contribution in [2.24, 2.45) is 0 Å². The summed E-state index contributed by atoms with van der Waals surface area (Å²) in [5.41, 5.74) is 2.06. The van der Waals surface area contributed by atoms with E-state index in [0.717, 1.165) is 22.4 Å². The summed E-state index contributed by atoms with van der Waals surface area (Å²) in [4.78, 5) is 0. The van der Waals surface area contributed by atoms with Gasteiger partial charge in [-0.3, -0.25) is 0 Å². The lowest BCUT2D eigenvalue weighted by molar-refractivity contribution is -0.222. The van der Waals surface area contributed by atoms with Crippen molar-refractivity contribution in [3.63, 3.8) is 0 Å². The van der Waals surface area contributed by atoms with Crippen molar-refractivity contribution in [1.29, 1.82) is 0 Å². The highest BCUT2D eigenvalue weighted by Crippen LogP contribution is 2.39. The third-order valence-corrected chi connectivity index (χ3v) is 5.62. The topological polar surface area (TPSA) is 79.2 Å². The molecule has 2 aromatic rings. The van der Waals surface area contributed by atoms with Crippen LogP contribution in [0.1, 0.15) is 37.0 Å². The van der Waals surface area contributed by atoms with Crippen molar-refractivity contribution >= 4 is 11.6 Å². The van der Waals surface area contributed by atoms with Crippen LogP contribution in [0.15, 0.2) is 42.5 Å². The highest BCUT2D eigenvalue weighted by molar-refractivity contribution is 6.31. The molecule has 0 bridgehead atoms. The molecule has 6 heteroatoms. The fourth-order valence-electron chi connectivity index (χ4n) is 3.68. The third-order valence-electron chi connectivity index (χ3n) is 5.25. The molecule has 152 valence electrons. The normalized spacial score (nSPS) is 27.6. The van der Waals surface area contributed by atoms with Crippen LogP contribution in [0.5, 0.6) is 5.75 Å². The van der Waals surface area contributed by atoms with E-state index in [9.17, 15) is 15.3 Å². The predicted molar refractivity (Wildman–Crippen MR) is 108 cm³/mol. The number of aliphatic hydroxyl groups excluding tert-OH is 3. The van der Waals surface area contributed by atoms with Crippen molar-refractivity contribution in [3.8, 4) is 5.75 Å². The lowest BCUT2D eigenvalue weighted by Gasteiger charge is -2.43. The maximum absolute atomic E-state index is 10.2. The lowest BCUT2D eigenvalue weighted by atomic mass is 9.83. The van der Waals surface area contributed by atoms with Crippen LogP contribution in [0.4, 0.5) is 0 Å². The highest BCUT2D eigenvalue weighted by atomic mass is 35.5. The summed E-state index contributed by atoms with van der Waals surface area (Å²) in [5, 5.41) is 30.4. The molecule has 0 saturated carbocycles. The second-order valence-electron chi connectivity index (χ2n) is 7.39. The Morgan fingerprint density at radius 2 is 1.89 bits per heavy atom. The van der Waals surface area contributed by atoms with Gasteiger partial charge in [-0.15, -0.1) is 0 Å². The quantitative estimate of drug-likeness (QED) is 0.687. The Morgan fingerprint density at radius 3 is 2.54 bits per heavy atom. The minimum atomic E-state index is -1.10. The lowest BCUT2D eigenvalue weighted by Crippen LogP contribution is -2.53. The van der Waals surface area contributed by atoms with E-state index in [1.165, 1.54) is 0 Å². The third kappa shape index (κ3) is 4.50. The number of rotatable bonds is 6. The van der Waals surface area contributed by atoms with Gasteiger partial charge in [0.25, 0.3) is 0 Å². The summed E-state index contributed by atoms with van der Waals surface area (Å²) in [6.07, 6.45) is -2.03. The maximum atomic E-state index is 10.2. The SMILES string of the molecule is CCOc1ccc(Cc2cc([C@]3(C)C[C@@H](O)[C@H](O)[C@@H](CO)O3)ccc2Cl)cc1. The molecular formula is C22H27ClO5. The summed E-state index contributed by atoms with van der Waals surface area (Å²) in [7, 11) is 0. The highest BCUT2D eigenvalue weighted by Gasteiger charge is 2.44. The second-order valence-corrected chi connectivity index (χ2v) is 7.80. The standard InChI is InChI=1S/C22H27ClO5/c1-3-27-17-7-4-14(5-8-17)10-15-11-16(6-9-18(15)23)22(2)12-19(25)21(26)20(13-24)28-22/h4-9,11,19-21,24-26H,3,10,12-13H2,1-2H3/t19-,20-,21+,22+/m1/s1. The van der Waals surface area contributed by atoms with Gasteiger partial charge < -0.3 is 24.8 Å². The van der Waals surface area contributed by atoms with Crippen molar-refractivity contribution in [3.05, 3.63) is 64.2 Å². The van der Waals surface area contributed by atoms with Gasteiger partial charge in [-0.25, -0.2) is 0 Å². The predicted octanol–water partition coefficient (Wildman–Crippen LogP) is 3.05. The first-order chi connectivity index (χ1) is 13.4. The number of hydrogen-bond donors (Lipinski definition) is 3. The molecule has 1 aliphatic heterocycles. The maximum Gasteiger partial charge on any atom is 0.119 e. The molecular weight excluding hydrogens is 380 g/mol. The molecule has 4 atom stereocenters. The van der Waals surface area contributed by atoms with Gasteiger partial charge in [-0.1, -0.05) is 35.9 Å². The van der Waals surface area contributed by atoms with E-state index in [4.69, 9.17) is 21.1 Å². The van der Waals surface area contributed by atoms with Gasteiger partial charge in [-0.2, -0.15) is 0 Å². The van der Waals surface area contributed by atoms with Gasteiger partial charge in [-0.05, 0) is 55.2 Å². The van der Waals surface area contributed by atoms with Crippen LogP contribution in [-0.2, 0) is 16.8 Å². The van der Waals surface area contributed by atoms with Crippen LogP contribution in [0.3, 0.4) is 0 Å². The van der Waals surface area contributed by atoms with Crippen LogP contribution >= 0.6 is 11.6 Å². The fraction of sp³-hybridized carbons (Fsp3) is 0.455. The molecule has 28 heavy (non-hydrogen) atoms. The Kier molecular flexibility index (Phi) is 6.63. The van der Waals surface area contributed by atoms with E-state index >= 15 is 0 Å². The first kappa shape index (κ1) is 21.1. The molecule has 0 aliphatic carbocycles. The second kappa shape index (κ2) is 8.80. The number of benzene rings is 2. The molecule has 0 radical (unpaired) electrons. The molecule has 0 aromatic heterocycles. The summed E-state index contributed by atoms with van der Waals surface area (Å²) in [6.45, 7) is 4.07. The van der Waals surface area contributed by atoms with Gasteiger partial charge in [0.1, 0.15) is 18.0 Å². The van der Waals surface area contributed by atoms with Gasteiger partial charge in [0.2, 0.25) is 0 Å². The summed E-state index contributed by atoms with van der Waals surface area (Å²) in [5.74, 6) is 0.830. The smallest absolute Gasteiger partial charge is 0.119 e. The Hall–Kier alpha value is -1.63. The molecule has 2 aromatic carbocycles. The fourth-order valence-corrected chi connectivity index (χ4v) is 3.86. The average Bonchev–Trinajstić information content (AvgIpc) is 2.68. The monoisotopic (exact) mass is 406 g/mol. The largest absolute Gasteiger partial charge is 0.494 e. The molecule has 3 rings (SSSR count). The van der Waals surface area contributed by atoms with Gasteiger partial charge in [0.15, 0.2) is 0 Å². The molecule has 1 fully saturated rings. The van der Waals surface area contributed by atoms with E-state index in [1.54, 1.807) is 0 Å². The van der Waals surface area contributed by atoms with Crippen LogP contribution in [0, 0.1) is 0 Å². The molecule has 0 unspecified atom stereocenters. The molecule has 1 saturated heterocycles. The number of aliphatic hydroxyl groups is 3. The minimum Gasteiger partial charge on any atom is -0.494 e. The van der Waals surface area contributed by atoms with Crippen LogP contribution in [-0.4, -0.2) is 46.8 Å². The van der Waals surface area contributed by atoms with Gasteiger partial charge in [0, 0.05) is 11.4 Å². The van der Waals surface area contributed by atoms with E-state index in [-0.39, 0.29) is 13.0 Å². The zero-order valence-corrected chi connectivity index (χ0v) is 16.9. The van der Waals surface area contributed by atoms with Crippen LogP contribution < -0.4 is 4.74 Å². The van der Waals surface area contributed by atoms with Crippen LogP contribution in [0.2, 0.25) is 5.02 Å². The van der Waals surface area contributed by atoms with Gasteiger partial charge in [0.05, 0.1) is 24.9 Å². The zero-order chi connectivity index (χ0) is 20.3. The summed E-state index contributed by atoms with van der Waals surface area (Å²) >= 11 is 6.42. The Labute approximate surface area is 170 Å². The molecule has 0 amide bonds. The Morgan fingerprint density at radius 1 is 1.18 bits per heavy atom. The molecule has 1 heterocycles. The van der Waals surface area contributed by atoms with Gasteiger partial charge >= 0.3 is 0 Å². The first-order valence-corrected chi connectivity index (χ1v) is 9.89. The van der Waals surface area contributed by atoms with E-state index in [2.05, 4.69) is 0 Å². The summed E-state index contributed by atoms with van der Waals surface area (Å²) < 4.78 is 11.4. The van der Waals surface area contributed by atoms with Crippen LogP contribution in [0.25, 0.3) is 0 Å². The average molecular weight is 407 g/mol. The molecule has 0 spiro atoms. The van der Waals surface area contributed by atoms with Crippen molar-refractivity contribution in [2.45, 2.75) is 50.6 Å². The Bertz CT molecular complexity index is 794. The minimum absolute atomic E-state index is 0.231. The van der Waals surface area contributed by atoms with Crippen molar-refractivity contribution in [2.75, 3.05) is 13.2 Å². The summed E-state index contributed by atoms with van der Waals surface area (Å²) in [6, 6.07) is 13.5. The van der Waals surface area contributed by atoms with E-state index < -0.39 is 23.9 Å². The molecule has 3 N–H and O–H groups in total. The first-order valence-electron chi connectivity index (χ1n) is 9.51. The van der Waals surface area contributed by atoms with E-state index in [1.807, 2.05) is 56.3 Å². The Balaban J connectivity index is 1.84. The number of ether oxygens (including phenoxy) is 2. The van der Waals surface area contributed by atoms with Crippen molar-refractivity contribution < 1.29 is 24.8 Å².